The van der Waals surface area contributed by atoms with Crippen molar-refractivity contribution < 1.29 is 13.7 Å². The molecule has 3 aromatic rings. The molecule has 1 atom stereocenters. The van der Waals surface area contributed by atoms with E-state index in [1.807, 2.05) is 0 Å². The molecule has 1 saturated heterocycles. The van der Waals surface area contributed by atoms with Gasteiger partial charge in [-0.3, -0.25) is 9.78 Å². The van der Waals surface area contributed by atoms with Gasteiger partial charge in [0.1, 0.15) is 5.82 Å². The van der Waals surface area contributed by atoms with Crippen LogP contribution < -0.4 is 4.90 Å². The molecule has 3 heterocycles. The fourth-order valence-electron chi connectivity index (χ4n) is 2.80. The number of benzene rings is 1. The Morgan fingerprint density at radius 3 is 2.80 bits per heavy atom. The van der Waals surface area contributed by atoms with Crippen LogP contribution in [0.1, 0.15) is 18.2 Å². The first kappa shape index (κ1) is 15.7. The van der Waals surface area contributed by atoms with Crippen LogP contribution in [-0.4, -0.2) is 27.6 Å². The first-order chi connectivity index (χ1) is 12.1. The molecule has 1 amide bonds. The standard InChI is InChI=1S/C17H12ClFN4O2/c18-13-8-12(1-2-14(13)19)23-9-11(7-15(23)24)16-21-17(25-22-16)10-3-5-20-6-4-10/h1-6,8,11H,7,9H2. The Kier molecular flexibility index (Phi) is 3.93. The van der Waals surface area contributed by atoms with E-state index in [0.29, 0.717) is 23.9 Å². The molecule has 0 radical (unpaired) electrons. The lowest BCUT2D eigenvalue weighted by Crippen LogP contribution is -2.24. The lowest BCUT2D eigenvalue weighted by atomic mass is 10.1. The zero-order valence-electron chi connectivity index (χ0n) is 12.9. The molecule has 0 N–H and O–H groups in total. The Labute approximate surface area is 147 Å². The second kappa shape index (κ2) is 6.25. The Bertz CT molecular complexity index is 931. The number of carbonyl (C=O) groups is 1. The second-order valence-electron chi connectivity index (χ2n) is 5.70. The van der Waals surface area contributed by atoms with Crippen molar-refractivity contribution in [1.82, 2.24) is 15.1 Å². The number of halogens is 2. The van der Waals surface area contributed by atoms with Crippen molar-refractivity contribution in [2.24, 2.45) is 0 Å². The predicted molar refractivity (Wildman–Crippen MR) is 88.7 cm³/mol. The smallest absolute Gasteiger partial charge is 0.258 e. The van der Waals surface area contributed by atoms with Gasteiger partial charge in [0.25, 0.3) is 5.89 Å². The number of anilines is 1. The first-order valence-corrected chi connectivity index (χ1v) is 7.99. The largest absolute Gasteiger partial charge is 0.334 e. The molecule has 0 aliphatic carbocycles. The minimum absolute atomic E-state index is 0.0201. The normalized spacial score (nSPS) is 17.3. The highest BCUT2D eigenvalue weighted by atomic mass is 35.5. The van der Waals surface area contributed by atoms with Gasteiger partial charge in [-0.1, -0.05) is 16.8 Å². The summed E-state index contributed by atoms with van der Waals surface area (Å²) in [6, 6.07) is 7.75. The van der Waals surface area contributed by atoms with Gasteiger partial charge < -0.3 is 9.42 Å². The molecule has 1 aromatic carbocycles. The fraction of sp³-hybridized carbons (Fsp3) is 0.176. The van der Waals surface area contributed by atoms with Crippen LogP contribution in [0.3, 0.4) is 0 Å². The maximum Gasteiger partial charge on any atom is 0.258 e. The summed E-state index contributed by atoms with van der Waals surface area (Å²) in [7, 11) is 0. The fourth-order valence-corrected chi connectivity index (χ4v) is 2.97. The Balaban J connectivity index is 1.56. The SMILES string of the molecule is O=C1CC(c2noc(-c3ccncc3)n2)CN1c1ccc(F)c(Cl)c1. The minimum Gasteiger partial charge on any atom is -0.334 e. The van der Waals surface area contributed by atoms with Crippen LogP contribution in [0.2, 0.25) is 5.02 Å². The van der Waals surface area contributed by atoms with E-state index in [2.05, 4.69) is 15.1 Å². The van der Waals surface area contributed by atoms with Crippen LogP contribution in [0.4, 0.5) is 10.1 Å². The van der Waals surface area contributed by atoms with Crippen molar-refractivity contribution in [2.45, 2.75) is 12.3 Å². The van der Waals surface area contributed by atoms with Crippen molar-refractivity contribution in [3.8, 4) is 11.5 Å². The third-order valence-electron chi connectivity index (χ3n) is 4.07. The van der Waals surface area contributed by atoms with Crippen LogP contribution in [-0.2, 0) is 4.79 Å². The van der Waals surface area contributed by atoms with Crippen molar-refractivity contribution in [3.63, 3.8) is 0 Å². The number of hydrogen-bond acceptors (Lipinski definition) is 5. The zero-order valence-corrected chi connectivity index (χ0v) is 13.7. The van der Waals surface area contributed by atoms with E-state index in [0.717, 1.165) is 5.56 Å². The highest BCUT2D eigenvalue weighted by Gasteiger charge is 2.34. The zero-order chi connectivity index (χ0) is 17.4. The quantitative estimate of drug-likeness (QED) is 0.717. The average molecular weight is 359 g/mol. The van der Waals surface area contributed by atoms with E-state index in [1.54, 1.807) is 29.4 Å². The molecule has 4 rings (SSSR count). The van der Waals surface area contributed by atoms with E-state index in [4.69, 9.17) is 16.1 Å². The summed E-state index contributed by atoms with van der Waals surface area (Å²) >= 11 is 5.81. The number of aromatic nitrogens is 3. The van der Waals surface area contributed by atoms with Crippen molar-refractivity contribution in [2.75, 3.05) is 11.4 Å². The summed E-state index contributed by atoms with van der Waals surface area (Å²) in [5.41, 5.74) is 1.32. The first-order valence-electron chi connectivity index (χ1n) is 7.61. The molecular formula is C17H12ClFN4O2. The van der Waals surface area contributed by atoms with E-state index in [-0.39, 0.29) is 23.3 Å². The molecule has 1 fully saturated rings. The number of amides is 1. The molecule has 0 bridgehead atoms. The predicted octanol–water partition coefficient (Wildman–Crippen LogP) is 3.44. The van der Waals surface area contributed by atoms with Gasteiger partial charge in [-0.15, -0.1) is 0 Å². The molecule has 126 valence electrons. The lowest BCUT2D eigenvalue weighted by Gasteiger charge is -2.16. The Morgan fingerprint density at radius 1 is 1.24 bits per heavy atom. The van der Waals surface area contributed by atoms with E-state index < -0.39 is 5.82 Å². The van der Waals surface area contributed by atoms with Crippen molar-refractivity contribution in [3.05, 3.63) is 59.4 Å². The summed E-state index contributed by atoms with van der Waals surface area (Å²) in [6.45, 7) is 0.385. The van der Waals surface area contributed by atoms with Gasteiger partial charge in [-0.2, -0.15) is 4.98 Å². The second-order valence-corrected chi connectivity index (χ2v) is 6.10. The van der Waals surface area contributed by atoms with Gasteiger partial charge in [0.05, 0.1) is 5.02 Å². The lowest BCUT2D eigenvalue weighted by molar-refractivity contribution is -0.117. The Morgan fingerprint density at radius 2 is 2.04 bits per heavy atom. The summed E-state index contributed by atoms with van der Waals surface area (Å²) < 4.78 is 18.6. The van der Waals surface area contributed by atoms with Crippen LogP contribution in [0, 0.1) is 5.82 Å². The number of rotatable bonds is 3. The van der Waals surface area contributed by atoms with Gasteiger partial charge in [0.15, 0.2) is 5.82 Å². The monoisotopic (exact) mass is 358 g/mol. The highest BCUT2D eigenvalue weighted by molar-refractivity contribution is 6.31. The molecule has 25 heavy (non-hydrogen) atoms. The molecule has 2 aromatic heterocycles. The summed E-state index contributed by atoms with van der Waals surface area (Å²) in [5.74, 6) is 0.0383. The Hall–Kier alpha value is -2.80. The molecule has 8 heteroatoms. The van der Waals surface area contributed by atoms with E-state index in [1.165, 1.54) is 18.2 Å². The number of pyridine rings is 1. The minimum atomic E-state index is -0.520. The van der Waals surface area contributed by atoms with E-state index in [9.17, 15) is 9.18 Å². The van der Waals surface area contributed by atoms with Gasteiger partial charge in [-0.05, 0) is 30.3 Å². The highest BCUT2D eigenvalue weighted by Crippen LogP contribution is 2.33. The molecule has 1 aliphatic heterocycles. The van der Waals surface area contributed by atoms with Gasteiger partial charge in [0, 0.05) is 42.5 Å². The summed E-state index contributed by atoms with van der Waals surface area (Å²) in [5, 5.41) is 3.98. The number of nitrogens with zero attached hydrogens (tertiary/aromatic N) is 4. The molecule has 1 aliphatic rings. The van der Waals surface area contributed by atoms with Gasteiger partial charge in [0.2, 0.25) is 5.91 Å². The van der Waals surface area contributed by atoms with Crippen molar-refractivity contribution in [1.29, 1.82) is 0 Å². The van der Waals surface area contributed by atoms with Crippen LogP contribution >= 0.6 is 11.6 Å². The van der Waals surface area contributed by atoms with Gasteiger partial charge >= 0.3 is 0 Å². The van der Waals surface area contributed by atoms with Crippen LogP contribution in [0.5, 0.6) is 0 Å². The molecule has 1 unspecified atom stereocenters. The summed E-state index contributed by atoms with van der Waals surface area (Å²) in [4.78, 5) is 22.2. The van der Waals surface area contributed by atoms with Gasteiger partial charge in [-0.25, -0.2) is 4.39 Å². The summed E-state index contributed by atoms with van der Waals surface area (Å²) in [6.07, 6.45) is 3.53. The maximum absolute atomic E-state index is 13.3. The molecule has 0 spiro atoms. The third kappa shape index (κ3) is 2.98. The van der Waals surface area contributed by atoms with Crippen LogP contribution in [0.25, 0.3) is 11.5 Å². The maximum atomic E-state index is 13.3. The van der Waals surface area contributed by atoms with Crippen molar-refractivity contribution >= 4 is 23.2 Å². The topological polar surface area (TPSA) is 72.1 Å². The van der Waals surface area contributed by atoms with Crippen LogP contribution in [0.15, 0.2) is 47.2 Å². The number of hydrogen-bond donors (Lipinski definition) is 0. The van der Waals surface area contributed by atoms with E-state index >= 15 is 0 Å². The molecule has 6 nitrogen and oxygen atoms in total. The third-order valence-corrected chi connectivity index (χ3v) is 4.36. The number of carbonyl (C=O) groups excluding carboxylic acids is 1. The average Bonchev–Trinajstić information content (AvgIpc) is 3.25. The molecular weight excluding hydrogens is 347 g/mol. The molecule has 0 saturated carbocycles.